The summed E-state index contributed by atoms with van der Waals surface area (Å²) in [6.45, 7) is 3.20. The normalized spacial score (nSPS) is 10.0. The number of amides is 1. The number of anilines is 1. The Kier molecular flexibility index (Phi) is 10.2. The molecule has 0 fully saturated rings. The van der Waals surface area contributed by atoms with Crippen molar-refractivity contribution in [2.45, 2.75) is 26.2 Å². The summed E-state index contributed by atoms with van der Waals surface area (Å²) in [5, 5.41) is 5.58. The highest BCUT2D eigenvalue weighted by atomic mass is 32.1. The number of nitrogens with one attached hydrogen (secondary N) is 2. The highest BCUT2D eigenvalue weighted by Gasteiger charge is 2.09. The Bertz CT molecular complexity index is 580. The van der Waals surface area contributed by atoms with Crippen molar-refractivity contribution in [2.24, 2.45) is 0 Å². The Hall–Kier alpha value is -2.19. The minimum absolute atomic E-state index is 0.0184. The number of carbonyl (C=O) groups is 2. The number of ether oxygens (including phenoxy) is 3. The van der Waals surface area contributed by atoms with Gasteiger partial charge in [-0.1, -0.05) is 13.0 Å². The van der Waals surface area contributed by atoms with Crippen molar-refractivity contribution in [1.29, 1.82) is 0 Å². The zero-order valence-corrected chi connectivity index (χ0v) is 15.3. The van der Waals surface area contributed by atoms with E-state index in [1.165, 1.54) is 0 Å². The molecular weight excluding hydrogens is 344 g/mol. The van der Waals surface area contributed by atoms with Gasteiger partial charge in [0.2, 0.25) is 5.91 Å². The average Bonchev–Trinajstić information content (AvgIpc) is 2.58. The first-order valence-corrected chi connectivity index (χ1v) is 8.44. The third-order valence-electron chi connectivity index (χ3n) is 2.92. The Balaban J connectivity index is 2.36. The Morgan fingerprint density at radius 1 is 1.16 bits per heavy atom. The zero-order valence-electron chi connectivity index (χ0n) is 14.5. The first-order chi connectivity index (χ1) is 12.0. The standard InChI is InChI=1S/C17H24N2O5S/c1-3-9-24-16(21)8-7-15(20)19-17(25)18-13-5-4-6-14(12-13)23-11-10-22-2/h4-6,12H,3,7-11H2,1-2H3,(H2,18,19,20,25). The van der Waals surface area contributed by atoms with Gasteiger partial charge >= 0.3 is 5.97 Å². The van der Waals surface area contributed by atoms with E-state index in [1.807, 2.05) is 13.0 Å². The molecular formula is C17H24N2O5S. The number of hydrogen-bond acceptors (Lipinski definition) is 6. The largest absolute Gasteiger partial charge is 0.491 e. The molecule has 2 N–H and O–H groups in total. The number of methoxy groups -OCH3 is 1. The summed E-state index contributed by atoms with van der Waals surface area (Å²) >= 11 is 5.09. The van der Waals surface area contributed by atoms with Gasteiger partial charge in [-0.2, -0.15) is 0 Å². The molecule has 0 saturated carbocycles. The van der Waals surface area contributed by atoms with E-state index in [1.54, 1.807) is 25.3 Å². The van der Waals surface area contributed by atoms with Gasteiger partial charge in [-0.05, 0) is 30.8 Å². The van der Waals surface area contributed by atoms with Gasteiger partial charge in [0.05, 0.1) is 19.6 Å². The third-order valence-corrected chi connectivity index (χ3v) is 3.13. The second kappa shape index (κ2) is 12.2. The van der Waals surface area contributed by atoms with Crippen molar-refractivity contribution < 1.29 is 23.8 Å². The van der Waals surface area contributed by atoms with E-state index in [-0.39, 0.29) is 23.9 Å². The molecule has 1 aromatic carbocycles. The number of carbonyl (C=O) groups excluding carboxylic acids is 2. The van der Waals surface area contributed by atoms with Crippen molar-refractivity contribution in [1.82, 2.24) is 5.32 Å². The summed E-state index contributed by atoms with van der Waals surface area (Å²) < 4.78 is 15.3. The van der Waals surface area contributed by atoms with Gasteiger partial charge in [0, 0.05) is 25.3 Å². The maximum absolute atomic E-state index is 11.8. The first kappa shape index (κ1) is 20.9. The summed E-state index contributed by atoms with van der Waals surface area (Å²) in [4.78, 5) is 23.1. The van der Waals surface area contributed by atoms with Crippen LogP contribution in [-0.2, 0) is 19.1 Å². The van der Waals surface area contributed by atoms with Gasteiger partial charge in [0.1, 0.15) is 12.4 Å². The number of benzene rings is 1. The van der Waals surface area contributed by atoms with Crippen molar-refractivity contribution >= 4 is 34.9 Å². The summed E-state index contributed by atoms with van der Waals surface area (Å²) in [5.74, 6) is -0.0786. The van der Waals surface area contributed by atoms with E-state index in [0.717, 1.165) is 6.42 Å². The van der Waals surface area contributed by atoms with Gasteiger partial charge in [-0.25, -0.2) is 0 Å². The summed E-state index contributed by atoms with van der Waals surface area (Å²) in [6, 6.07) is 7.17. The minimum Gasteiger partial charge on any atom is -0.491 e. The fourth-order valence-electron chi connectivity index (χ4n) is 1.76. The number of hydrogen-bond donors (Lipinski definition) is 2. The summed E-state index contributed by atoms with van der Waals surface area (Å²) in [5.41, 5.74) is 0.683. The Morgan fingerprint density at radius 2 is 1.96 bits per heavy atom. The summed E-state index contributed by atoms with van der Waals surface area (Å²) in [6.07, 6.45) is 0.794. The molecule has 0 aliphatic rings. The van der Waals surface area contributed by atoms with Crippen LogP contribution in [0.25, 0.3) is 0 Å². The molecule has 8 heteroatoms. The quantitative estimate of drug-likeness (QED) is 0.372. The number of rotatable bonds is 10. The molecule has 0 radical (unpaired) electrons. The van der Waals surface area contributed by atoms with E-state index < -0.39 is 5.97 Å². The topological polar surface area (TPSA) is 85.9 Å². The van der Waals surface area contributed by atoms with E-state index >= 15 is 0 Å². The molecule has 1 rings (SSSR count). The van der Waals surface area contributed by atoms with Gasteiger partial charge < -0.3 is 24.8 Å². The van der Waals surface area contributed by atoms with Crippen LogP contribution in [0.4, 0.5) is 5.69 Å². The van der Waals surface area contributed by atoms with E-state index in [4.69, 9.17) is 26.4 Å². The van der Waals surface area contributed by atoms with Crippen LogP contribution in [0.1, 0.15) is 26.2 Å². The first-order valence-electron chi connectivity index (χ1n) is 8.03. The monoisotopic (exact) mass is 368 g/mol. The average molecular weight is 368 g/mol. The van der Waals surface area contributed by atoms with Gasteiger partial charge in [-0.15, -0.1) is 0 Å². The lowest BCUT2D eigenvalue weighted by molar-refractivity contribution is -0.144. The van der Waals surface area contributed by atoms with E-state index in [0.29, 0.717) is 31.3 Å². The molecule has 7 nitrogen and oxygen atoms in total. The lowest BCUT2D eigenvalue weighted by Crippen LogP contribution is -2.34. The molecule has 0 atom stereocenters. The Labute approximate surface area is 153 Å². The number of thiocarbonyl (C=S) groups is 1. The van der Waals surface area contributed by atoms with Crippen LogP contribution < -0.4 is 15.4 Å². The van der Waals surface area contributed by atoms with Gasteiger partial charge in [-0.3, -0.25) is 9.59 Å². The Morgan fingerprint density at radius 3 is 2.68 bits per heavy atom. The van der Waals surface area contributed by atoms with Crippen LogP contribution in [0.3, 0.4) is 0 Å². The van der Waals surface area contributed by atoms with Crippen molar-refractivity contribution in [3.05, 3.63) is 24.3 Å². The van der Waals surface area contributed by atoms with Crippen molar-refractivity contribution in [2.75, 3.05) is 32.2 Å². The third kappa shape index (κ3) is 9.63. The van der Waals surface area contributed by atoms with E-state index in [2.05, 4.69) is 10.6 Å². The molecule has 138 valence electrons. The molecule has 1 aromatic rings. The van der Waals surface area contributed by atoms with Crippen LogP contribution in [0.15, 0.2) is 24.3 Å². The predicted octanol–water partition coefficient (Wildman–Crippen LogP) is 2.26. The molecule has 1 amide bonds. The summed E-state index contributed by atoms with van der Waals surface area (Å²) in [7, 11) is 1.60. The molecule has 0 spiro atoms. The molecule has 0 aliphatic carbocycles. The van der Waals surface area contributed by atoms with Crippen LogP contribution in [0.5, 0.6) is 5.75 Å². The molecule has 0 aliphatic heterocycles. The van der Waals surface area contributed by atoms with E-state index in [9.17, 15) is 9.59 Å². The van der Waals surface area contributed by atoms with Crippen LogP contribution >= 0.6 is 12.2 Å². The molecule has 0 bridgehead atoms. The SMILES string of the molecule is CCCOC(=O)CCC(=O)NC(=S)Nc1cccc(OCCOC)c1. The maximum Gasteiger partial charge on any atom is 0.306 e. The maximum atomic E-state index is 11.8. The molecule has 25 heavy (non-hydrogen) atoms. The smallest absolute Gasteiger partial charge is 0.306 e. The molecule has 0 aromatic heterocycles. The lowest BCUT2D eigenvalue weighted by Gasteiger charge is -2.11. The van der Waals surface area contributed by atoms with Gasteiger partial charge in [0.15, 0.2) is 5.11 Å². The molecule has 0 heterocycles. The van der Waals surface area contributed by atoms with Crippen molar-refractivity contribution in [3.8, 4) is 5.75 Å². The van der Waals surface area contributed by atoms with Crippen LogP contribution in [0, 0.1) is 0 Å². The lowest BCUT2D eigenvalue weighted by atomic mass is 10.3. The minimum atomic E-state index is -0.392. The number of esters is 1. The zero-order chi connectivity index (χ0) is 18.5. The van der Waals surface area contributed by atoms with Gasteiger partial charge in [0.25, 0.3) is 0 Å². The fraction of sp³-hybridized carbons (Fsp3) is 0.471. The predicted molar refractivity (Wildman–Crippen MR) is 98.7 cm³/mol. The molecule has 0 unspecified atom stereocenters. The fourth-order valence-corrected chi connectivity index (χ4v) is 1.99. The second-order valence-corrected chi connectivity index (χ2v) is 5.50. The van der Waals surface area contributed by atoms with Crippen LogP contribution in [-0.4, -0.2) is 43.9 Å². The second-order valence-electron chi connectivity index (χ2n) is 5.09. The highest BCUT2D eigenvalue weighted by molar-refractivity contribution is 7.80. The van der Waals surface area contributed by atoms with Crippen LogP contribution in [0.2, 0.25) is 0 Å². The highest BCUT2D eigenvalue weighted by Crippen LogP contribution is 2.17. The van der Waals surface area contributed by atoms with Crippen molar-refractivity contribution in [3.63, 3.8) is 0 Å². The molecule has 0 saturated heterocycles.